The Balaban J connectivity index is 1.75. The summed E-state index contributed by atoms with van der Waals surface area (Å²) in [7, 11) is -3.19. The van der Waals surface area contributed by atoms with E-state index < -0.39 is 50.3 Å². The van der Waals surface area contributed by atoms with Gasteiger partial charge in [0.1, 0.15) is 5.82 Å². The lowest BCUT2D eigenvalue weighted by atomic mass is 9.82. The van der Waals surface area contributed by atoms with Crippen molar-refractivity contribution in [1.29, 1.82) is 0 Å². The number of nitrogens with zero attached hydrogens (tertiary/aromatic N) is 2. The average Bonchev–Trinajstić information content (AvgIpc) is 2.86. The first kappa shape index (κ1) is 24.2. The Labute approximate surface area is 194 Å². The summed E-state index contributed by atoms with van der Waals surface area (Å²) in [5.74, 6) is -3.57. The Morgan fingerprint density at radius 1 is 1.15 bits per heavy atom. The molecule has 1 saturated heterocycles. The first-order valence-corrected chi connectivity index (χ1v) is 12.3. The van der Waals surface area contributed by atoms with Gasteiger partial charge in [-0.15, -0.1) is 0 Å². The summed E-state index contributed by atoms with van der Waals surface area (Å²) < 4.78 is 71.0. The number of carbonyl (C=O) groups is 2. The molecule has 34 heavy (non-hydrogen) atoms. The third-order valence-corrected chi connectivity index (χ3v) is 8.37. The molecule has 2 aliphatic heterocycles. The van der Waals surface area contributed by atoms with Crippen LogP contribution in [0.2, 0.25) is 0 Å². The van der Waals surface area contributed by atoms with Crippen LogP contribution in [0.4, 0.5) is 24.5 Å². The number of sulfone groups is 1. The number of ketones is 1. The molecule has 0 spiro atoms. The maximum absolute atomic E-state index is 15.1. The van der Waals surface area contributed by atoms with Crippen LogP contribution in [0.3, 0.4) is 0 Å². The molecule has 3 heterocycles. The average molecular weight is 497 g/mol. The van der Waals surface area contributed by atoms with E-state index in [-0.39, 0.29) is 40.7 Å². The fourth-order valence-electron chi connectivity index (χ4n) is 4.62. The topological polar surface area (TPSA) is 93.6 Å². The van der Waals surface area contributed by atoms with Crippen LogP contribution in [-0.2, 0) is 20.0 Å². The Bertz CT molecular complexity index is 1310. The van der Waals surface area contributed by atoms with E-state index >= 15 is 4.39 Å². The summed E-state index contributed by atoms with van der Waals surface area (Å²) in [5.41, 5.74) is -2.25. The van der Waals surface area contributed by atoms with Gasteiger partial charge in [-0.2, -0.15) is 0 Å². The number of hydrogen-bond donors (Lipinski definition) is 0. The van der Waals surface area contributed by atoms with E-state index in [4.69, 9.17) is 4.74 Å². The minimum atomic E-state index is -3.19. The summed E-state index contributed by atoms with van der Waals surface area (Å²) in [4.78, 5) is 30.7. The van der Waals surface area contributed by atoms with Crippen molar-refractivity contribution in [3.05, 3.63) is 47.2 Å². The van der Waals surface area contributed by atoms with Gasteiger partial charge in [0.2, 0.25) is 18.1 Å². The fraction of sp³-hybridized carbons (Fsp3) is 0.435. The second-order valence-corrected chi connectivity index (χ2v) is 11.8. The zero-order valence-corrected chi connectivity index (χ0v) is 19.8. The third kappa shape index (κ3) is 4.06. The standard InChI is InChI=1S/C23H23F3N2O5S/c1-12(24)33-20-7-18(16(26)9-27-20)28-17-6-15(25)13(5-14(17)22(2,3)21(28)30)19(29)8-23(4)10-34(31,32)11-23/h5-7,9,12H,8,10-11H2,1-4H3. The van der Waals surface area contributed by atoms with Crippen LogP contribution in [0, 0.1) is 17.0 Å². The summed E-state index contributed by atoms with van der Waals surface area (Å²) in [6.45, 7) is 5.87. The number of fused-ring (bicyclic) bond motifs is 1. The van der Waals surface area contributed by atoms with Crippen molar-refractivity contribution in [3.63, 3.8) is 0 Å². The molecule has 0 saturated carbocycles. The van der Waals surface area contributed by atoms with E-state index in [9.17, 15) is 26.8 Å². The summed E-state index contributed by atoms with van der Waals surface area (Å²) >= 11 is 0. The minimum Gasteiger partial charge on any atom is -0.444 e. The van der Waals surface area contributed by atoms with Gasteiger partial charge in [0, 0.05) is 24.8 Å². The van der Waals surface area contributed by atoms with Gasteiger partial charge in [0.05, 0.1) is 40.1 Å². The number of anilines is 2. The van der Waals surface area contributed by atoms with Crippen LogP contribution < -0.4 is 9.64 Å². The van der Waals surface area contributed by atoms with E-state index in [1.54, 1.807) is 20.8 Å². The van der Waals surface area contributed by atoms with Gasteiger partial charge < -0.3 is 4.74 Å². The predicted molar refractivity (Wildman–Crippen MR) is 118 cm³/mol. The van der Waals surface area contributed by atoms with E-state index in [2.05, 4.69) is 4.98 Å². The molecular formula is C23H23F3N2O5S. The van der Waals surface area contributed by atoms with Gasteiger partial charge >= 0.3 is 0 Å². The van der Waals surface area contributed by atoms with Crippen LogP contribution in [-0.4, -0.2) is 43.0 Å². The second-order valence-electron chi connectivity index (χ2n) is 9.69. The normalized spacial score (nSPS) is 20.4. The molecule has 2 aromatic rings. The number of pyridine rings is 1. The molecule has 11 heteroatoms. The van der Waals surface area contributed by atoms with Gasteiger partial charge in [-0.25, -0.2) is 26.6 Å². The quantitative estimate of drug-likeness (QED) is 0.561. The van der Waals surface area contributed by atoms with Gasteiger partial charge in [-0.05, 0) is 31.5 Å². The van der Waals surface area contributed by atoms with Crippen LogP contribution >= 0.6 is 0 Å². The smallest absolute Gasteiger partial charge is 0.241 e. The van der Waals surface area contributed by atoms with E-state index in [1.807, 2.05) is 0 Å². The monoisotopic (exact) mass is 496 g/mol. The Morgan fingerprint density at radius 2 is 1.79 bits per heavy atom. The first-order chi connectivity index (χ1) is 15.6. The molecule has 1 atom stereocenters. The molecule has 1 aromatic heterocycles. The summed E-state index contributed by atoms with van der Waals surface area (Å²) in [6.07, 6.45) is -1.13. The second kappa shape index (κ2) is 7.79. The third-order valence-electron chi connectivity index (χ3n) is 6.10. The van der Waals surface area contributed by atoms with Crippen LogP contribution in [0.25, 0.3) is 0 Å². The highest BCUT2D eigenvalue weighted by Crippen LogP contribution is 2.48. The van der Waals surface area contributed by atoms with Gasteiger partial charge in [0.25, 0.3) is 0 Å². The molecule has 182 valence electrons. The largest absolute Gasteiger partial charge is 0.444 e. The molecule has 4 rings (SSSR count). The molecule has 1 aromatic carbocycles. The number of aromatic nitrogens is 1. The molecule has 1 amide bonds. The summed E-state index contributed by atoms with van der Waals surface area (Å²) in [5, 5.41) is 0. The van der Waals surface area contributed by atoms with Gasteiger partial charge in [-0.1, -0.05) is 6.92 Å². The lowest BCUT2D eigenvalue weighted by molar-refractivity contribution is -0.121. The number of halogens is 3. The number of ether oxygens (including phenoxy) is 1. The van der Waals surface area contributed by atoms with E-state index in [1.165, 1.54) is 6.07 Å². The molecule has 0 radical (unpaired) electrons. The van der Waals surface area contributed by atoms with E-state index in [0.29, 0.717) is 5.56 Å². The van der Waals surface area contributed by atoms with Crippen molar-refractivity contribution < 1.29 is 35.9 Å². The molecule has 1 fully saturated rings. The number of amides is 1. The maximum Gasteiger partial charge on any atom is 0.241 e. The zero-order chi connectivity index (χ0) is 25.2. The Kier molecular flexibility index (Phi) is 5.54. The van der Waals surface area contributed by atoms with E-state index in [0.717, 1.165) is 30.2 Å². The molecule has 2 aliphatic rings. The number of carbonyl (C=O) groups excluding carboxylic acids is 2. The van der Waals surface area contributed by atoms with Crippen LogP contribution in [0.15, 0.2) is 24.4 Å². The highest BCUT2D eigenvalue weighted by atomic mass is 32.2. The molecule has 0 bridgehead atoms. The number of hydrogen-bond acceptors (Lipinski definition) is 6. The molecule has 1 unspecified atom stereocenters. The maximum atomic E-state index is 15.1. The molecule has 0 N–H and O–H groups in total. The lowest BCUT2D eigenvalue weighted by Crippen LogP contribution is -2.47. The SMILES string of the molecule is CC(F)Oc1cc(N2C(=O)C(C)(C)c3cc(C(=O)CC4(C)CS(=O)(=O)C4)c(F)cc32)c(F)cn1. The number of benzene rings is 1. The Morgan fingerprint density at radius 3 is 2.38 bits per heavy atom. The highest BCUT2D eigenvalue weighted by molar-refractivity contribution is 7.92. The van der Waals surface area contributed by atoms with Crippen LogP contribution in [0.5, 0.6) is 5.88 Å². The number of Topliss-reactive ketones (excluding diaryl/α,β-unsaturated/α-hetero) is 1. The minimum absolute atomic E-state index is 0.0332. The van der Waals surface area contributed by atoms with Crippen molar-refractivity contribution in [2.24, 2.45) is 5.41 Å². The van der Waals surface area contributed by atoms with Crippen molar-refractivity contribution in [1.82, 2.24) is 4.98 Å². The Hall–Kier alpha value is -2.95. The van der Waals surface area contributed by atoms with Gasteiger partial charge in [0.15, 0.2) is 21.4 Å². The molecule has 7 nitrogen and oxygen atoms in total. The molecule has 0 aliphatic carbocycles. The lowest BCUT2D eigenvalue weighted by Gasteiger charge is -2.37. The van der Waals surface area contributed by atoms with Crippen molar-refractivity contribution >= 4 is 32.9 Å². The molecular weight excluding hydrogens is 473 g/mol. The zero-order valence-electron chi connectivity index (χ0n) is 19.0. The highest BCUT2D eigenvalue weighted by Gasteiger charge is 2.48. The van der Waals surface area contributed by atoms with Gasteiger partial charge in [-0.3, -0.25) is 14.5 Å². The first-order valence-electron chi connectivity index (χ1n) is 10.5. The number of alkyl halides is 1. The van der Waals surface area contributed by atoms with Crippen molar-refractivity contribution in [2.45, 2.75) is 45.9 Å². The van der Waals surface area contributed by atoms with Crippen LogP contribution in [0.1, 0.15) is 50.0 Å². The fourth-order valence-corrected chi connectivity index (χ4v) is 6.86. The van der Waals surface area contributed by atoms with Crippen molar-refractivity contribution in [3.8, 4) is 5.88 Å². The van der Waals surface area contributed by atoms with Crippen molar-refractivity contribution in [2.75, 3.05) is 16.4 Å². The number of rotatable bonds is 6. The predicted octanol–water partition coefficient (Wildman–Crippen LogP) is 4.02. The summed E-state index contributed by atoms with van der Waals surface area (Å²) in [6, 6.07) is 3.29.